The van der Waals surface area contributed by atoms with Gasteiger partial charge in [-0.25, -0.2) is 4.98 Å². The standard InChI is InChI=1S/C14H15BrN4O/c1-8-11(15)4-5-13(17-8)18-14(20)12-6-9(16)7-19(12)10-2-3-10/h4-7,10H,2-3,16H2,1H3,(H,17,18,20). The summed E-state index contributed by atoms with van der Waals surface area (Å²) in [6.07, 6.45) is 4.03. The number of aryl methyl sites for hydroxylation is 1. The van der Waals surface area contributed by atoms with E-state index in [2.05, 4.69) is 26.2 Å². The molecule has 0 bridgehead atoms. The van der Waals surface area contributed by atoms with Crippen LogP contribution in [0, 0.1) is 6.92 Å². The van der Waals surface area contributed by atoms with Crippen molar-refractivity contribution in [3.05, 3.63) is 40.3 Å². The summed E-state index contributed by atoms with van der Waals surface area (Å²) in [5.74, 6) is 0.362. The van der Waals surface area contributed by atoms with Gasteiger partial charge in [0.2, 0.25) is 0 Å². The molecule has 1 fully saturated rings. The Morgan fingerprint density at radius 2 is 2.25 bits per heavy atom. The fourth-order valence-corrected chi connectivity index (χ4v) is 2.35. The Morgan fingerprint density at radius 3 is 2.90 bits per heavy atom. The first-order chi connectivity index (χ1) is 9.54. The Labute approximate surface area is 125 Å². The van der Waals surface area contributed by atoms with E-state index in [9.17, 15) is 4.79 Å². The topological polar surface area (TPSA) is 72.9 Å². The van der Waals surface area contributed by atoms with Crippen molar-refractivity contribution in [1.82, 2.24) is 9.55 Å². The largest absolute Gasteiger partial charge is 0.397 e. The molecule has 2 aromatic heterocycles. The van der Waals surface area contributed by atoms with Crippen LogP contribution in [0.4, 0.5) is 11.5 Å². The normalized spacial score (nSPS) is 14.3. The molecule has 0 unspecified atom stereocenters. The number of hydrogen-bond donors (Lipinski definition) is 2. The van der Waals surface area contributed by atoms with Crippen LogP contribution in [-0.4, -0.2) is 15.5 Å². The van der Waals surface area contributed by atoms with Crippen LogP contribution in [0.25, 0.3) is 0 Å². The smallest absolute Gasteiger partial charge is 0.273 e. The van der Waals surface area contributed by atoms with Crippen LogP contribution >= 0.6 is 15.9 Å². The quantitative estimate of drug-likeness (QED) is 0.905. The van der Waals surface area contributed by atoms with Crippen LogP contribution < -0.4 is 11.1 Å². The van der Waals surface area contributed by atoms with Gasteiger partial charge in [0.25, 0.3) is 5.91 Å². The van der Waals surface area contributed by atoms with Gasteiger partial charge in [-0.1, -0.05) is 0 Å². The number of carbonyl (C=O) groups excluding carboxylic acids is 1. The van der Waals surface area contributed by atoms with Gasteiger partial charge in [-0.3, -0.25) is 4.79 Å². The maximum Gasteiger partial charge on any atom is 0.273 e. The maximum atomic E-state index is 12.3. The predicted octanol–water partition coefficient (Wildman–Crippen LogP) is 3.12. The number of nitrogens with one attached hydrogen (secondary N) is 1. The molecule has 0 saturated heterocycles. The van der Waals surface area contributed by atoms with E-state index in [1.807, 2.05) is 23.8 Å². The van der Waals surface area contributed by atoms with Crippen molar-refractivity contribution in [1.29, 1.82) is 0 Å². The number of aromatic nitrogens is 2. The first kappa shape index (κ1) is 13.2. The van der Waals surface area contributed by atoms with Crippen molar-refractivity contribution < 1.29 is 4.79 Å². The van der Waals surface area contributed by atoms with Crippen molar-refractivity contribution in [2.24, 2.45) is 0 Å². The van der Waals surface area contributed by atoms with E-state index in [1.165, 1.54) is 0 Å². The Hall–Kier alpha value is -1.82. The third-order valence-electron chi connectivity index (χ3n) is 3.31. The number of anilines is 2. The minimum atomic E-state index is -0.178. The van der Waals surface area contributed by atoms with Crippen molar-refractivity contribution in [3.8, 4) is 0 Å². The van der Waals surface area contributed by atoms with Gasteiger partial charge in [0.05, 0.1) is 11.4 Å². The van der Waals surface area contributed by atoms with Gasteiger partial charge in [-0.15, -0.1) is 0 Å². The van der Waals surface area contributed by atoms with Crippen LogP contribution in [0.15, 0.2) is 28.9 Å². The molecular formula is C14H15BrN4O. The van der Waals surface area contributed by atoms with Gasteiger partial charge in [0.1, 0.15) is 11.5 Å². The molecule has 104 valence electrons. The zero-order valence-corrected chi connectivity index (χ0v) is 12.6. The number of amides is 1. The zero-order chi connectivity index (χ0) is 14.3. The minimum absolute atomic E-state index is 0.178. The summed E-state index contributed by atoms with van der Waals surface area (Å²) in [6, 6.07) is 5.75. The molecule has 0 aromatic carbocycles. The molecule has 3 N–H and O–H groups in total. The zero-order valence-electron chi connectivity index (χ0n) is 11.1. The first-order valence-electron chi connectivity index (χ1n) is 6.46. The van der Waals surface area contributed by atoms with Gasteiger partial charge >= 0.3 is 0 Å². The highest BCUT2D eigenvalue weighted by molar-refractivity contribution is 9.10. The molecule has 1 saturated carbocycles. The molecule has 0 atom stereocenters. The number of nitrogens with zero attached hydrogens (tertiary/aromatic N) is 2. The lowest BCUT2D eigenvalue weighted by Crippen LogP contribution is -2.17. The number of nitrogen functional groups attached to an aromatic ring is 1. The van der Waals surface area contributed by atoms with Gasteiger partial charge in [-0.05, 0) is 53.9 Å². The molecule has 1 aliphatic rings. The fraction of sp³-hybridized carbons (Fsp3) is 0.286. The monoisotopic (exact) mass is 334 g/mol. The summed E-state index contributed by atoms with van der Waals surface area (Å²) in [7, 11) is 0. The molecule has 2 aromatic rings. The average Bonchev–Trinajstić information content (AvgIpc) is 3.17. The molecule has 1 amide bonds. The van der Waals surface area contributed by atoms with Crippen molar-refractivity contribution >= 4 is 33.3 Å². The molecule has 1 aliphatic carbocycles. The predicted molar refractivity (Wildman–Crippen MR) is 81.7 cm³/mol. The summed E-state index contributed by atoms with van der Waals surface area (Å²) in [5.41, 5.74) is 7.83. The van der Waals surface area contributed by atoms with E-state index in [0.29, 0.717) is 23.2 Å². The average molecular weight is 335 g/mol. The molecule has 0 radical (unpaired) electrons. The molecule has 2 heterocycles. The Morgan fingerprint density at radius 1 is 1.50 bits per heavy atom. The van der Waals surface area contributed by atoms with Crippen LogP contribution in [0.5, 0.6) is 0 Å². The molecule has 0 spiro atoms. The van der Waals surface area contributed by atoms with Crippen LogP contribution in [0.1, 0.15) is 35.1 Å². The Kier molecular flexibility index (Phi) is 3.25. The van der Waals surface area contributed by atoms with Gasteiger partial charge in [0.15, 0.2) is 0 Å². The Balaban J connectivity index is 1.84. The maximum absolute atomic E-state index is 12.3. The fourth-order valence-electron chi connectivity index (χ4n) is 2.13. The van der Waals surface area contributed by atoms with E-state index < -0.39 is 0 Å². The van der Waals surface area contributed by atoms with E-state index in [-0.39, 0.29) is 5.91 Å². The number of pyridine rings is 1. The van der Waals surface area contributed by atoms with Gasteiger partial charge in [0, 0.05) is 16.7 Å². The summed E-state index contributed by atoms with van der Waals surface area (Å²) < 4.78 is 2.87. The van der Waals surface area contributed by atoms with Crippen molar-refractivity contribution in [3.63, 3.8) is 0 Å². The molecule has 3 rings (SSSR count). The second-order valence-electron chi connectivity index (χ2n) is 5.01. The summed E-state index contributed by atoms with van der Waals surface area (Å²) in [6.45, 7) is 1.88. The van der Waals surface area contributed by atoms with Crippen LogP contribution in [0.3, 0.4) is 0 Å². The highest BCUT2D eigenvalue weighted by atomic mass is 79.9. The number of rotatable bonds is 3. The van der Waals surface area contributed by atoms with Crippen molar-refractivity contribution in [2.45, 2.75) is 25.8 Å². The first-order valence-corrected chi connectivity index (χ1v) is 7.26. The van der Waals surface area contributed by atoms with E-state index in [0.717, 1.165) is 23.0 Å². The third-order valence-corrected chi connectivity index (χ3v) is 4.14. The van der Waals surface area contributed by atoms with Gasteiger partial charge in [-0.2, -0.15) is 0 Å². The number of hydrogen-bond acceptors (Lipinski definition) is 3. The Bertz CT molecular complexity index is 676. The lowest BCUT2D eigenvalue weighted by atomic mass is 10.3. The lowest BCUT2D eigenvalue weighted by molar-refractivity contribution is 0.101. The number of nitrogens with two attached hydrogens (primary N) is 1. The second-order valence-corrected chi connectivity index (χ2v) is 5.87. The van der Waals surface area contributed by atoms with E-state index in [4.69, 9.17) is 5.73 Å². The third kappa shape index (κ3) is 2.56. The van der Waals surface area contributed by atoms with E-state index >= 15 is 0 Å². The van der Waals surface area contributed by atoms with Gasteiger partial charge < -0.3 is 15.6 Å². The van der Waals surface area contributed by atoms with Crippen molar-refractivity contribution in [2.75, 3.05) is 11.1 Å². The number of halogens is 1. The highest BCUT2D eigenvalue weighted by Crippen LogP contribution is 2.37. The molecule has 6 heteroatoms. The summed E-state index contributed by atoms with van der Waals surface area (Å²) >= 11 is 3.39. The van der Waals surface area contributed by atoms with Crippen LogP contribution in [-0.2, 0) is 0 Å². The number of carbonyl (C=O) groups is 1. The minimum Gasteiger partial charge on any atom is -0.397 e. The highest BCUT2D eigenvalue weighted by Gasteiger charge is 2.27. The lowest BCUT2D eigenvalue weighted by Gasteiger charge is -2.09. The molecular weight excluding hydrogens is 320 g/mol. The SMILES string of the molecule is Cc1nc(NC(=O)c2cc(N)cn2C2CC2)ccc1Br. The van der Waals surface area contributed by atoms with Crippen LogP contribution in [0.2, 0.25) is 0 Å². The van der Waals surface area contributed by atoms with E-state index in [1.54, 1.807) is 12.1 Å². The molecule has 5 nitrogen and oxygen atoms in total. The summed E-state index contributed by atoms with van der Waals surface area (Å²) in [5, 5.41) is 2.82. The molecule has 20 heavy (non-hydrogen) atoms. The molecule has 0 aliphatic heterocycles. The second kappa shape index (κ2) is 4.94. The summed E-state index contributed by atoms with van der Waals surface area (Å²) in [4.78, 5) is 16.7.